The van der Waals surface area contributed by atoms with Crippen molar-refractivity contribution in [1.29, 1.82) is 0 Å². The van der Waals surface area contributed by atoms with E-state index in [0.29, 0.717) is 16.1 Å². The third-order valence-electron chi connectivity index (χ3n) is 3.20. The van der Waals surface area contributed by atoms with Crippen molar-refractivity contribution in [3.8, 4) is 22.6 Å². The molecule has 0 atom stereocenters. The van der Waals surface area contributed by atoms with Gasteiger partial charge in [0.05, 0.1) is 0 Å². The van der Waals surface area contributed by atoms with Gasteiger partial charge in [0.2, 0.25) is 0 Å². The lowest BCUT2D eigenvalue weighted by Crippen LogP contribution is -2.04. The lowest BCUT2D eigenvalue weighted by Gasteiger charge is -2.05. The van der Waals surface area contributed by atoms with E-state index in [1.165, 1.54) is 0 Å². The normalized spacial score (nSPS) is 11.6. The Morgan fingerprint density at radius 2 is 1.45 bits per heavy atom. The third-order valence-corrected chi connectivity index (χ3v) is 3.45. The largest absolute Gasteiger partial charge is 0.455 e. The molecule has 0 aliphatic carbocycles. The van der Waals surface area contributed by atoms with Gasteiger partial charge < -0.3 is 4.42 Å². The summed E-state index contributed by atoms with van der Waals surface area (Å²) < 4.78 is 45.2. The predicted molar refractivity (Wildman–Crippen MR) is 79.6 cm³/mol. The van der Waals surface area contributed by atoms with Gasteiger partial charge in [0.1, 0.15) is 17.1 Å². The van der Waals surface area contributed by atoms with Crippen molar-refractivity contribution in [2.45, 2.75) is 6.18 Å². The van der Waals surface area contributed by atoms with Crippen LogP contribution in [0.1, 0.15) is 5.56 Å². The number of rotatable bonds is 2. The predicted octanol–water partition coefficient (Wildman–Crippen LogP) is 6.29. The molecule has 22 heavy (non-hydrogen) atoms. The Morgan fingerprint density at radius 3 is 2.05 bits per heavy atom. The summed E-state index contributed by atoms with van der Waals surface area (Å²) in [5.41, 5.74) is 0.135. The SMILES string of the molecule is FC(F)(F)c1cc(-c2ccc(Cl)cc2)oc1-c1ccccc1. The Balaban J connectivity index is 2.15. The van der Waals surface area contributed by atoms with E-state index in [-0.39, 0.29) is 11.5 Å². The quantitative estimate of drug-likeness (QED) is 0.540. The summed E-state index contributed by atoms with van der Waals surface area (Å²) >= 11 is 5.79. The number of halogens is 4. The molecule has 0 unspecified atom stereocenters. The highest BCUT2D eigenvalue weighted by Gasteiger charge is 2.37. The number of benzene rings is 2. The molecule has 0 bridgehead atoms. The maximum absolute atomic E-state index is 13.2. The number of alkyl halides is 3. The molecule has 3 aromatic rings. The Morgan fingerprint density at radius 1 is 0.818 bits per heavy atom. The second-order valence-corrected chi connectivity index (χ2v) is 5.16. The smallest absolute Gasteiger partial charge is 0.420 e. The highest BCUT2D eigenvalue weighted by Crippen LogP contribution is 2.41. The Labute approximate surface area is 130 Å². The standard InChI is InChI=1S/C17H10ClF3O/c18-13-8-6-11(7-9-13)15-10-14(17(19,20)21)16(22-15)12-4-2-1-3-5-12/h1-10H. The molecule has 0 aliphatic heterocycles. The minimum absolute atomic E-state index is 0.155. The van der Waals surface area contributed by atoms with Crippen LogP contribution in [0.2, 0.25) is 5.02 Å². The molecule has 5 heteroatoms. The van der Waals surface area contributed by atoms with Crippen molar-refractivity contribution in [3.05, 3.63) is 71.2 Å². The van der Waals surface area contributed by atoms with Gasteiger partial charge in [-0.25, -0.2) is 0 Å². The zero-order valence-electron chi connectivity index (χ0n) is 11.2. The van der Waals surface area contributed by atoms with Crippen LogP contribution in [0.25, 0.3) is 22.6 Å². The minimum Gasteiger partial charge on any atom is -0.455 e. The number of furan rings is 1. The van der Waals surface area contributed by atoms with Crippen LogP contribution in [0.15, 0.2) is 65.1 Å². The fourth-order valence-electron chi connectivity index (χ4n) is 2.16. The van der Waals surface area contributed by atoms with Crippen molar-refractivity contribution >= 4 is 11.6 Å². The second-order valence-electron chi connectivity index (χ2n) is 4.72. The first kappa shape index (κ1) is 14.7. The summed E-state index contributed by atoms with van der Waals surface area (Å²) in [4.78, 5) is 0. The van der Waals surface area contributed by atoms with Gasteiger partial charge in [-0.15, -0.1) is 0 Å². The summed E-state index contributed by atoms with van der Waals surface area (Å²) in [6.45, 7) is 0. The Hall–Kier alpha value is -2.20. The van der Waals surface area contributed by atoms with Gasteiger partial charge in [-0.2, -0.15) is 13.2 Å². The molecule has 0 fully saturated rings. The molecule has 0 spiro atoms. The van der Waals surface area contributed by atoms with Crippen LogP contribution in [0.4, 0.5) is 13.2 Å². The van der Waals surface area contributed by atoms with Crippen LogP contribution in [0, 0.1) is 0 Å². The zero-order chi connectivity index (χ0) is 15.7. The highest BCUT2D eigenvalue weighted by atomic mass is 35.5. The van der Waals surface area contributed by atoms with E-state index in [1.807, 2.05) is 0 Å². The molecule has 3 rings (SSSR count). The van der Waals surface area contributed by atoms with Gasteiger partial charge in [0.15, 0.2) is 0 Å². The summed E-state index contributed by atoms with van der Waals surface area (Å²) in [7, 11) is 0. The molecule has 0 saturated heterocycles. The van der Waals surface area contributed by atoms with Gasteiger partial charge in [0.25, 0.3) is 0 Å². The van der Waals surface area contributed by atoms with Crippen LogP contribution in [-0.2, 0) is 6.18 Å². The van der Waals surface area contributed by atoms with E-state index in [2.05, 4.69) is 0 Å². The number of hydrogen-bond donors (Lipinski definition) is 0. The zero-order valence-corrected chi connectivity index (χ0v) is 11.9. The summed E-state index contributed by atoms with van der Waals surface area (Å²) in [6.07, 6.45) is -4.49. The van der Waals surface area contributed by atoms with Gasteiger partial charge in [-0.05, 0) is 30.3 Å². The second kappa shape index (κ2) is 5.54. The molecular formula is C17H10ClF3O. The Bertz CT molecular complexity index is 774. The van der Waals surface area contributed by atoms with Crippen molar-refractivity contribution in [2.24, 2.45) is 0 Å². The molecule has 0 aliphatic rings. The fraction of sp³-hybridized carbons (Fsp3) is 0.0588. The molecule has 0 amide bonds. The van der Waals surface area contributed by atoms with Crippen LogP contribution >= 0.6 is 11.6 Å². The first-order valence-corrected chi connectivity index (χ1v) is 6.85. The maximum atomic E-state index is 13.2. The van der Waals surface area contributed by atoms with Gasteiger partial charge in [0, 0.05) is 16.1 Å². The molecule has 1 nitrogen and oxygen atoms in total. The van der Waals surface area contributed by atoms with Crippen molar-refractivity contribution in [3.63, 3.8) is 0 Å². The van der Waals surface area contributed by atoms with E-state index >= 15 is 0 Å². The topological polar surface area (TPSA) is 13.1 Å². The van der Waals surface area contributed by atoms with Crippen LogP contribution in [0.3, 0.4) is 0 Å². The maximum Gasteiger partial charge on any atom is 0.420 e. The first-order chi connectivity index (χ1) is 10.4. The minimum atomic E-state index is -4.49. The van der Waals surface area contributed by atoms with Crippen LogP contribution in [-0.4, -0.2) is 0 Å². The molecule has 1 heterocycles. The average Bonchev–Trinajstić information content (AvgIpc) is 2.94. The van der Waals surface area contributed by atoms with Crippen LogP contribution < -0.4 is 0 Å². The molecule has 112 valence electrons. The number of hydrogen-bond acceptors (Lipinski definition) is 1. The van der Waals surface area contributed by atoms with Gasteiger partial charge >= 0.3 is 6.18 Å². The van der Waals surface area contributed by atoms with Gasteiger partial charge in [-0.3, -0.25) is 0 Å². The van der Waals surface area contributed by atoms with Crippen molar-refractivity contribution in [1.82, 2.24) is 0 Å². The first-order valence-electron chi connectivity index (χ1n) is 6.47. The van der Waals surface area contributed by atoms with E-state index in [9.17, 15) is 13.2 Å². The molecule has 0 N–H and O–H groups in total. The van der Waals surface area contributed by atoms with E-state index in [4.69, 9.17) is 16.0 Å². The fourth-order valence-corrected chi connectivity index (χ4v) is 2.29. The molecule has 1 aromatic heterocycles. The van der Waals surface area contributed by atoms with Crippen LogP contribution in [0.5, 0.6) is 0 Å². The van der Waals surface area contributed by atoms with E-state index in [1.54, 1.807) is 54.6 Å². The molecule has 2 aromatic carbocycles. The summed E-state index contributed by atoms with van der Waals surface area (Å²) in [6, 6.07) is 15.7. The highest BCUT2D eigenvalue weighted by molar-refractivity contribution is 6.30. The summed E-state index contributed by atoms with van der Waals surface area (Å²) in [5, 5.41) is 0.509. The van der Waals surface area contributed by atoms with E-state index in [0.717, 1.165) is 6.07 Å². The van der Waals surface area contributed by atoms with Crippen molar-refractivity contribution < 1.29 is 17.6 Å². The van der Waals surface area contributed by atoms with Crippen molar-refractivity contribution in [2.75, 3.05) is 0 Å². The molecule has 0 radical (unpaired) electrons. The summed E-state index contributed by atoms with van der Waals surface area (Å²) in [5.74, 6) is -0.0269. The lowest BCUT2D eigenvalue weighted by atomic mass is 10.1. The Kier molecular flexibility index (Phi) is 3.71. The van der Waals surface area contributed by atoms with Gasteiger partial charge in [-0.1, -0.05) is 41.9 Å². The average molecular weight is 323 g/mol. The molecule has 0 saturated carbocycles. The van der Waals surface area contributed by atoms with E-state index < -0.39 is 11.7 Å². The monoisotopic (exact) mass is 322 g/mol. The third kappa shape index (κ3) is 2.88. The lowest BCUT2D eigenvalue weighted by molar-refractivity contribution is -0.137. The molecular weight excluding hydrogens is 313 g/mol.